The third-order valence-electron chi connectivity index (χ3n) is 3.71. The lowest BCUT2D eigenvalue weighted by molar-refractivity contribution is 0.0949. The van der Waals surface area contributed by atoms with Crippen LogP contribution in [0.15, 0.2) is 67.0 Å². The standard InChI is InChI=1S/C20H17N5O/c21-13-16-7-4-8-17(11-16)25-19-12-18(23-14-24-19)20(26)22-10-9-15-5-2-1-3-6-15/h1-8,11-12,14H,9-10H2,(H,22,26)(H,23,24,25). The van der Waals surface area contributed by atoms with Crippen LogP contribution in [-0.2, 0) is 6.42 Å². The predicted octanol–water partition coefficient (Wildman–Crippen LogP) is 3.06. The maximum Gasteiger partial charge on any atom is 0.270 e. The van der Waals surface area contributed by atoms with E-state index in [4.69, 9.17) is 5.26 Å². The van der Waals surface area contributed by atoms with Gasteiger partial charge in [-0.2, -0.15) is 5.26 Å². The highest BCUT2D eigenvalue weighted by atomic mass is 16.1. The van der Waals surface area contributed by atoms with Crippen LogP contribution in [-0.4, -0.2) is 22.4 Å². The predicted molar refractivity (Wildman–Crippen MR) is 99.0 cm³/mol. The number of nitrogens with one attached hydrogen (secondary N) is 2. The molecule has 0 spiro atoms. The number of aromatic nitrogens is 2. The molecule has 2 aromatic carbocycles. The topological polar surface area (TPSA) is 90.7 Å². The summed E-state index contributed by atoms with van der Waals surface area (Å²) in [5.74, 6) is 0.237. The molecule has 0 unspecified atom stereocenters. The molecule has 1 aromatic heterocycles. The molecule has 0 atom stereocenters. The lowest BCUT2D eigenvalue weighted by atomic mass is 10.1. The third kappa shape index (κ3) is 4.65. The first kappa shape index (κ1) is 17.1. The molecule has 0 radical (unpaired) electrons. The SMILES string of the molecule is N#Cc1cccc(Nc2cc(C(=O)NCCc3ccccc3)ncn2)c1. The van der Waals surface area contributed by atoms with Crippen LogP contribution in [0.5, 0.6) is 0 Å². The van der Waals surface area contributed by atoms with E-state index in [0.717, 1.165) is 17.7 Å². The van der Waals surface area contributed by atoms with Crippen molar-refractivity contribution < 1.29 is 4.79 Å². The molecular weight excluding hydrogens is 326 g/mol. The second kappa shape index (κ2) is 8.40. The van der Waals surface area contributed by atoms with Gasteiger partial charge in [0.25, 0.3) is 5.91 Å². The molecule has 0 aliphatic carbocycles. The van der Waals surface area contributed by atoms with Gasteiger partial charge in [-0.05, 0) is 30.2 Å². The Kier molecular flexibility index (Phi) is 5.53. The van der Waals surface area contributed by atoms with E-state index in [2.05, 4.69) is 26.7 Å². The Labute approximate surface area is 151 Å². The highest BCUT2D eigenvalue weighted by Gasteiger charge is 2.08. The molecule has 1 heterocycles. The minimum Gasteiger partial charge on any atom is -0.350 e. The number of nitrogens with zero attached hydrogens (tertiary/aromatic N) is 3. The maximum atomic E-state index is 12.3. The lowest BCUT2D eigenvalue weighted by Gasteiger charge is -2.08. The third-order valence-corrected chi connectivity index (χ3v) is 3.71. The first-order chi connectivity index (χ1) is 12.7. The maximum absolute atomic E-state index is 12.3. The molecule has 6 heteroatoms. The van der Waals surface area contributed by atoms with Gasteiger partial charge in [0.2, 0.25) is 0 Å². The van der Waals surface area contributed by atoms with Crippen LogP contribution in [0.4, 0.5) is 11.5 Å². The van der Waals surface area contributed by atoms with E-state index in [-0.39, 0.29) is 11.6 Å². The molecular formula is C20H17N5O. The first-order valence-electron chi connectivity index (χ1n) is 8.16. The summed E-state index contributed by atoms with van der Waals surface area (Å²) in [5, 5.41) is 14.9. The van der Waals surface area contributed by atoms with Gasteiger partial charge in [-0.1, -0.05) is 36.4 Å². The zero-order chi connectivity index (χ0) is 18.2. The zero-order valence-corrected chi connectivity index (χ0v) is 14.0. The number of benzene rings is 2. The van der Waals surface area contributed by atoms with Crippen LogP contribution in [0.2, 0.25) is 0 Å². The molecule has 3 rings (SSSR count). The summed E-state index contributed by atoms with van der Waals surface area (Å²) in [5.41, 5.74) is 2.71. The molecule has 0 saturated heterocycles. The van der Waals surface area contributed by atoms with Crippen LogP contribution in [0.25, 0.3) is 0 Å². The van der Waals surface area contributed by atoms with E-state index in [9.17, 15) is 4.79 Å². The van der Waals surface area contributed by atoms with E-state index in [0.29, 0.717) is 17.9 Å². The molecule has 128 valence electrons. The second-order valence-electron chi connectivity index (χ2n) is 5.60. The lowest BCUT2D eigenvalue weighted by Crippen LogP contribution is -2.26. The fraction of sp³-hybridized carbons (Fsp3) is 0.100. The summed E-state index contributed by atoms with van der Waals surface area (Å²) >= 11 is 0. The van der Waals surface area contributed by atoms with Gasteiger partial charge in [0.1, 0.15) is 17.8 Å². The fourth-order valence-electron chi connectivity index (χ4n) is 2.42. The molecule has 0 aliphatic heterocycles. The number of rotatable bonds is 6. The van der Waals surface area contributed by atoms with Gasteiger partial charge in [-0.3, -0.25) is 4.79 Å². The fourth-order valence-corrected chi connectivity index (χ4v) is 2.42. The van der Waals surface area contributed by atoms with Gasteiger partial charge in [0, 0.05) is 18.3 Å². The summed E-state index contributed by atoms with van der Waals surface area (Å²) < 4.78 is 0. The van der Waals surface area contributed by atoms with Crippen LogP contribution in [0.3, 0.4) is 0 Å². The number of anilines is 2. The number of nitriles is 1. The van der Waals surface area contributed by atoms with Crippen molar-refractivity contribution in [1.82, 2.24) is 15.3 Å². The average Bonchev–Trinajstić information content (AvgIpc) is 2.69. The average molecular weight is 343 g/mol. The Morgan fingerprint density at radius 2 is 1.88 bits per heavy atom. The van der Waals surface area contributed by atoms with Gasteiger partial charge >= 0.3 is 0 Å². The number of amides is 1. The summed E-state index contributed by atoms with van der Waals surface area (Å²) in [6, 6.07) is 20.6. The largest absolute Gasteiger partial charge is 0.350 e. The van der Waals surface area contributed by atoms with E-state index in [1.165, 1.54) is 6.33 Å². The van der Waals surface area contributed by atoms with Gasteiger partial charge in [0.15, 0.2) is 0 Å². The quantitative estimate of drug-likeness (QED) is 0.718. The molecule has 3 aromatic rings. The molecule has 6 nitrogen and oxygen atoms in total. The van der Waals surface area contributed by atoms with Crippen molar-refractivity contribution in [2.24, 2.45) is 0 Å². The Morgan fingerprint density at radius 3 is 2.69 bits per heavy atom. The van der Waals surface area contributed by atoms with Crippen LogP contribution in [0, 0.1) is 11.3 Å². The molecule has 2 N–H and O–H groups in total. The van der Waals surface area contributed by atoms with Crippen LogP contribution < -0.4 is 10.6 Å². The van der Waals surface area contributed by atoms with Crippen LogP contribution in [0.1, 0.15) is 21.6 Å². The number of carbonyl (C=O) groups is 1. The van der Waals surface area contributed by atoms with Crippen molar-refractivity contribution >= 4 is 17.4 Å². The van der Waals surface area contributed by atoms with Gasteiger partial charge in [-0.25, -0.2) is 9.97 Å². The minimum atomic E-state index is -0.253. The summed E-state index contributed by atoms with van der Waals surface area (Å²) in [6.07, 6.45) is 2.09. The van der Waals surface area contributed by atoms with E-state index < -0.39 is 0 Å². The highest BCUT2D eigenvalue weighted by molar-refractivity contribution is 5.92. The number of carbonyl (C=O) groups excluding carboxylic acids is 1. The minimum absolute atomic E-state index is 0.253. The second-order valence-corrected chi connectivity index (χ2v) is 5.60. The first-order valence-corrected chi connectivity index (χ1v) is 8.16. The van der Waals surface area contributed by atoms with Crippen molar-refractivity contribution in [1.29, 1.82) is 5.26 Å². The van der Waals surface area contributed by atoms with E-state index >= 15 is 0 Å². The summed E-state index contributed by atoms with van der Waals surface area (Å²) in [6.45, 7) is 0.528. The Balaban J connectivity index is 1.61. The summed E-state index contributed by atoms with van der Waals surface area (Å²) in [4.78, 5) is 20.4. The van der Waals surface area contributed by atoms with Crippen LogP contribution >= 0.6 is 0 Å². The molecule has 26 heavy (non-hydrogen) atoms. The Morgan fingerprint density at radius 1 is 1.04 bits per heavy atom. The Bertz CT molecular complexity index is 934. The van der Waals surface area contributed by atoms with Gasteiger partial charge < -0.3 is 10.6 Å². The Hall–Kier alpha value is -3.72. The molecule has 0 fully saturated rings. The molecule has 0 aliphatic rings. The number of hydrogen-bond donors (Lipinski definition) is 2. The van der Waals surface area contributed by atoms with Crippen molar-refractivity contribution in [3.05, 3.63) is 83.8 Å². The van der Waals surface area contributed by atoms with E-state index in [1.54, 1.807) is 24.3 Å². The number of hydrogen-bond acceptors (Lipinski definition) is 5. The van der Waals surface area contributed by atoms with Crippen molar-refractivity contribution in [3.8, 4) is 6.07 Å². The van der Waals surface area contributed by atoms with Gasteiger partial charge in [-0.15, -0.1) is 0 Å². The van der Waals surface area contributed by atoms with E-state index in [1.807, 2.05) is 36.4 Å². The molecule has 0 bridgehead atoms. The monoisotopic (exact) mass is 343 g/mol. The normalized spacial score (nSPS) is 9.96. The van der Waals surface area contributed by atoms with Crippen molar-refractivity contribution in [3.63, 3.8) is 0 Å². The van der Waals surface area contributed by atoms with Crippen molar-refractivity contribution in [2.75, 3.05) is 11.9 Å². The smallest absolute Gasteiger partial charge is 0.270 e. The van der Waals surface area contributed by atoms with Gasteiger partial charge in [0.05, 0.1) is 11.6 Å². The molecule has 1 amide bonds. The van der Waals surface area contributed by atoms with Crippen molar-refractivity contribution in [2.45, 2.75) is 6.42 Å². The summed E-state index contributed by atoms with van der Waals surface area (Å²) in [7, 11) is 0. The molecule has 0 saturated carbocycles. The highest BCUT2D eigenvalue weighted by Crippen LogP contribution is 2.15. The zero-order valence-electron chi connectivity index (χ0n) is 14.0.